The van der Waals surface area contributed by atoms with Crippen molar-refractivity contribution in [3.8, 4) is 11.5 Å². The number of halogens is 1. The molecular weight excluding hydrogens is 293 g/mol. The lowest BCUT2D eigenvalue weighted by atomic mass is 10.1. The van der Waals surface area contributed by atoms with E-state index in [0.29, 0.717) is 36.8 Å². The van der Waals surface area contributed by atoms with E-state index in [1.165, 1.54) is 6.07 Å². The summed E-state index contributed by atoms with van der Waals surface area (Å²) in [7, 11) is 3.57. The molecule has 4 heteroatoms. The Morgan fingerprint density at radius 1 is 1.13 bits per heavy atom. The highest BCUT2D eigenvalue weighted by Gasteiger charge is 2.09. The summed E-state index contributed by atoms with van der Waals surface area (Å²) in [6.45, 7) is 5.30. The van der Waals surface area contributed by atoms with Crippen LogP contribution in [0.1, 0.15) is 11.1 Å². The zero-order valence-corrected chi connectivity index (χ0v) is 13.6. The Bertz CT molecular complexity index is 658. The third-order valence-corrected chi connectivity index (χ3v) is 3.44. The number of ether oxygens (including phenoxy) is 2. The molecule has 3 nitrogen and oxygen atoms in total. The summed E-state index contributed by atoms with van der Waals surface area (Å²) in [5.74, 6) is 1.20. The largest absolute Gasteiger partial charge is 0.493 e. The van der Waals surface area contributed by atoms with Gasteiger partial charge in [-0.2, -0.15) is 0 Å². The van der Waals surface area contributed by atoms with Crippen molar-refractivity contribution < 1.29 is 13.9 Å². The van der Waals surface area contributed by atoms with Crippen LogP contribution in [0, 0.1) is 5.82 Å². The first-order valence-electron chi connectivity index (χ1n) is 7.46. The summed E-state index contributed by atoms with van der Waals surface area (Å²) in [6, 6.07) is 12.6. The third kappa shape index (κ3) is 4.83. The van der Waals surface area contributed by atoms with E-state index in [0.717, 1.165) is 5.56 Å². The molecule has 0 spiro atoms. The first-order valence-corrected chi connectivity index (χ1v) is 7.46. The molecule has 0 bridgehead atoms. The lowest BCUT2D eigenvalue weighted by molar-refractivity contribution is 0.309. The van der Waals surface area contributed by atoms with Crippen LogP contribution in [0.5, 0.6) is 11.5 Å². The molecule has 0 unspecified atom stereocenters. The second-order valence-corrected chi connectivity index (χ2v) is 5.35. The van der Waals surface area contributed by atoms with Crippen LogP contribution in [0.3, 0.4) is 0 Å². The van der Waals surface area contributed by atoms with Gasteiger partial charge >= 0.3 is 0 Å². The van der Waals surface area contributed by atoms with E-state index in [4.69, 9.17) is 9.47 Å². The average Bonchev–Trinajstić information content (AvgIpc) is 2.55. The molecule has 0 aromatic heterocycles. The van der Waals surface area contributed by atoms with Crippen molar-refractivity contribution in [3.05, 3.63) is 72.1 Å². The van der Waals surface area contributed by atoms with Crippen molar-refractivity contribution in [1.29, 1.82) is 0 Å². The Labute approximate surface area is 137 Å². The van der Waals surface area contributed by atoms with E-state index in [1.54, 1.807) is 25.3 Å². The predicted molar refractivity (Wildman–Crippen MR) is 90.3 cm³/mol. The van der Waals surface area contributed by atoms with Gasteiger partial charge < -0.3 is 9.47 Å². The zero-order chi connectivity index (χ0) is 16.7. The highest BCUT2D eigenvalue weighted by molar-refractivity contribution is 5.43. The van der Waals surface area contributed by atoms with Crippen molar-refractivity contribution in [1.82, 2.24) is 4.90 Å². The highest BCUT2D eigenvalue weighted by Crippen LogP contribution is 2.28. The fourth-order valence-corrected chi connectivity index (χ4v) is 2.36. The van der Waals surface area contributed by atoms with Gasteiger partial charge in [-0.05, 0) is 30.8 Å². The molecule has 0 amide bonds. The molecule has 23 heavy (non-hydrogen) atoms. The monoisotopic (exact) mass is 315 g/mol. The van der Waals surface area contributed by atoms with E-state index in [2.05, 4.69) is 11.5 Å². The van der Waals surface area contributed by atoms with Crippen LogP contribution in [0.4, 0.5) is 4.39 Å². The quantitative estimate of drug-likeness (QED) is 0.687. The minimum Gasteiger partial charge on any atom is -0.493 e. The maximum absolute atomic E-state index is 13.7. The lowest BCUT2D eigenvalue weighted by Crippen LogP contribution is -2.18. The number of nitrogens with zero attached hydrogens (tertiary/aromatic N) is 1. The molecule has 0 fully saturated rings. The van der Waals surface area contributed by atoms with Crippen LogP contribution < -0.4 is 9.47 Å². The minimum absolute atomic E-state index is 0.176. The standard InChI is InChI=1S/C19H22FNO2/c1-4-11-23-18-10-9-15(12-19(18)22-3)13-21(2)14-16-7-5-6-8-17(16)20/h4-10,12H,1,11,13-14H2,2-3H3. The average molecular weight is 315 g/mol. The summed E-state index contributed by atoms with van der Waals surface area (Å²) in [6.07, 6.45) is 1.69. The van der Waals surface area contributed by atoms with Gasteiger partial charge in [-0.3, -0.25) is 4.90 Å². The summed E-state index contributed by atoms with van der Waals surface area (Å²) >= 11 is 0. The van der Waals surface area contributed by atoms with Gasteiger partial charge in [-0.1, -0.05) is 36.9 Å². The van der Waals surface area contributed by atoms with Gasteiger partial charge in [0.2, 0.25) is 0 Å². The Morgan fingerprint density at radius 3 is 2.61 bits per heavy atom. The van der Waals surface area contributed by atoms with E-state index in [1.807, 2.05) is 31.3 Å². The van der Waals surface area contributed by atoms with E-state index >= 15 is 0 Å². The summed E-state index contributed by atoms with van der Waals surface area (Å²) in [5.41, 5.74) is 1.76. The van der Waals surface area contributed by atoms with Crippen LogP contribution in [-0.2, 0) is 13.1 Å². The van der Waals surface area contributed by atoms with Crippen LogP contribution in [-0.4, -0.2) is 25.7 Å². The van der Waals surface area contributed by atoms with Gasteiger partial charge in [-0.15, -0.1) is 0 Å². The fraction of sp³-hybridized carbons (Fsp3) is 0.263. The van der Waals surface area contributed by atoms with Crippen LogP contribution in [0.2, 0.25) is 0 Å². The number of rotatable bonds is 8. The smallest absolute Gasteiger partial charge is 0.161 e. The molecule has 0 aliphatic heterocycles. The molecule has 0 aliphatic rings. The van der Waals surface area contributed by atoms with Gasteiger partial charge in [0.25, 0.3) is 0 Å². The number of benzene rings is 2. The van der Waals surface area contributed by atoms with E-state index in [9.17, 15) is 4.39 Å². The van der Waals surface area contributed by atoms with Crippen LogP contribution >= 0.6 is 0 Å². The zero-order valence-electron chi connectivity index (χ0n) is 13.6. The number of hydrogen-bond acceptors (Lipinski definition) is 3. The van der Waals surface area contributed by atoms with Gasteiger partial charge in [-0.25, -0.2) is 4.39 Å². The molecule has 0 saturated heterocycles. The SMILES string of the molecule is C=CCOc1ccc(CN(C)Cc2ccccc2F)cc1OC. The molecular formula is C19H22FNO2. The second-order valence-electron chi connectivity index (χ2n) is 5.35. The van der Waals surface area contributed by atoms with Crippen molar-refractivity contribution in [2.75, 3.05) is 20.8 Å². The molecule has 122 valence electrons. The van der Waals surface area contributed by atoms with Gasteiger partial charge in [0.15, 0.2) is 11.5 Å². The molecule has 0 atom stereocenters. The molecule has 2 rings (SSSR count). The third-order valence-electron chi connectivity index (χ3n) is 3.44. The molecule has 0 saturated carbocycles. The van der Waals surface area contributed by atoms with Crippen molar-refractivity contribution >= 4 is 0 Å². The number of hydrogen-bond donors (Lipinski definition) is 0. The topological polar surface area (TPSA) is 21.7 Å². The van der Waals surface area contributed by atoms with Gasteiger partial charge in [0.05, 0.1) is 7.11 Å². The van der Waals surface area contributed by atoms with E-state index < -0.39 is 0 Å². The molecule has 0 radical (unpaired) electrons. The van der Waals surface area contributed by atoms with Gasteiger partial charge in [0, 0.05) is 18.7 Å². The first kappa shape index (κ1) is 17.0. The first-order chi connectivity index (χ1) is 11.1. The Balaban J connectivity index is 2.04. The highest BCUT2D eigenvalue weighted by atomic mass is 19.1. The second kappa shape index (κ2) is 8.34. The Hall–Kier alpha value is -2.33. The molecule has 0 aliphatic carbocycles. The van der Waals surface area contributed by atoms with Crippen molar-refractivity contribution in [2.24, 2.45) is 0 Å². The summed E-state index contributed by atoms with van der Waals surface area (Å²) in [5, 5.41) is 0. The molecule has 0 N–H and O–H groups in total. The Morgan fingerprint density at radius 2 is 1.91 bits per heavy atom. The minimum atomic E-state index is -0.176. The molecule has 2 aromatic rings. The summed E-state index contributed by atoms with van der Waals surface area (Å²) < 4.78 is 24.6. The van der Waals surface area contributed by atoms with Crippen LogP contribution in [0.25, 0.3) is 0 Å². The molecule has 0 heterocycles. The normalized spacial score (nSPS) is 10.6. The van der Waals surface area contributed by atoms with Gasteiger partial charge in [0.1, 0.15) is 12.4 Å². The number of methoxy groups -OCH3 is 1. The maximum Gasteiger partial charge on any atom is 0.161 e. The van der Waals surface area contributed by atoms with E-state index in [-0.39, 0.29) is 5.82 Å². The van der Waals surface area contributed by atoms with Crippen LogP contribution in [0.15, 0.2) is 55.1 Å². The van der Waals surface area contributed by atoms with Crippen molar-refractivity contribution in [2.45, 2.75) is 13.1 Å². The lowest BCUT2D eigenvalue weighted by Gasteiger charge is -2.18. The Kier molecular flexibility index (Phi) is 6.18. The fourth-order valence-electron chi connectivity index (χ4n) is 2.36. The predicted octanol–water partition coefficient (Wildman–Crippen LogP) is 4.03. The molecule has 2 aromatic carbocycles. The maximum atomic E-state index is 13.7. The van der Waals surface area contributed by atoms with Crippen molar-refractivity contribution in [3.63, 3.8) is 0 Å². The summed E-state index contributed by atoms with van der Waals surface area (Å²) in [4.78, 5) is 2.05.